The maximum Gasteiger partial charge on any atom is 0.307 e. The van der Waals surface area contributed by atoms with Crippen LogP contribution in [0.5, 0.6) is 0 Å². The van der Waals surface area contributed by atoms with Crippen molar-refractivity contribution in [2.24, 2.45) is 5.92 Å². The molecule has 0 aromatic rings. The largest absolute Gasteiger partial charge is 0.481 e. The summed E-state index contributed by atoms with van der Waals surface area (Å²) < 4.78 is 5.81. The van der Waals surface area contributed by atoms with Crippen LogP contribution in [0.15, 0.2) is 0 Å². The number of carbonyl (C=O) groups is 1. The summed E-state index contributed by atoms with van der Waals surface area (Å²) in [7, 11) is 2.15. The standard InChI is InChI=1S/C13H25N3O3/c1-15-2-4-16(5-3-15)6-7-19-12-8-11(13(17)18)9-14-10-12/h11-12,14H,2-10H2,1H3,(H,17,18). The number of hydrogen-bond donors (Lipinski definition) is 2. The van der Waals surface area contributed by atoms with Crippen LogP contribution in [-0.2, 0) is 9.53 Å². The van der Waals surface area contributed by atoms with Gasteiger partial charge in [-0.3, -0.25) is 9.69 Å². The van der Waals surface area contributed by atoms with Gasteiger partial charge in [0.05, 0.1) is 18.6 Å². The zero-order chi connectivity index (χ0) is 13.7. The molecular weight excluding hydrogens is 246 g/mol. The molecule has 0 aliphatic carbocycles. The SMILES string of the molecule is CN1CCN(CCOC2CNCC(C(=O)O)C2)CC1. The summed E-state index contributed by atoms with van der Waals surface area (Å²) in [6.45, 7) is 7.41. The molecule has 0 amide bonds. The minimum atomic E-state index is -0.722. The Morgan fingerprint density at radius 1 is 1.32 bits per heavy atom. The topological polar surface area (TPSA) is 65.0 Å². The Balaban J connectivity index is 1.61. The number of hydrogen-bond acceptors (Lipinski definition) is 5. The molecule has 0 aromatic carbocycles. The number of nitrogens with one attached hydrogen (secondary N) is 1. The van der Waals surface area contributed by atoms with E-state index in [9.17, 15) is 4.79 Å². The van der Waals surface area contributed by atoms with Gasteiger partial charge in [-0.05, 0) is 13.5 Å². The van der Waals surface area contributed by atoms with E-state index in [2.05, 4.69) is 22.2 Å². The fraction of sp³-hybridized carbons (Fsp3) is 0.923. The number of aliphatic carboxylic acids is 1. The maximum absolute atomic E-state index is 10.9. The third-order valence-electron chi connectivity index (χ3n) is 4.02. The fourth-order valence-corrected chi connectivity index (χ4v) is 2.64. The molecule has 0 bridgehead atoms. The molecular formula is C13H25N3O3. The van der Waals surface area contributed by atoms with Gasteiger partial charge in [-0.25, -0.2) is 0 Å². The average molecular weight is 271 g/mol. The second-order valence-electron chi connectivity index (χ2n) is 5.57. The van der Waals surface area contributed by atoms with Gasteiger partial charge in [0.15, 0.2) is 0 Å². The molecule has 2 saturated heterocycles. The summed E-state index contributed by atoms with van der Waals surface area (Å²) in [5.41, 5.74) is 0. The Morgan fingerprint density at radius 2 is 2.05 bits per heavy atom. The highest BCUT2D eigenvalue weighted by Crippen LogP contribution is 2.13. The second-order valence-corrected chi connectivity index (χ2v) is 5.57. The minimum absolute atomic E-state index is 0.0438. The molecule has 0 saturated carbocycles. The van der Waals surface area contributed by atoms with Gasteiger partial charge in [-0.2, -0.15) is 0 Å². The zero-order valence-corrected chi connectivity index (χ0v) is 11.7. The quantitative estimate of drug-likeness (QED) is 0.690. The average Bonchev–Trinajstić information content (AvgIpc) is 2.41. The monoisotopic (exact) mass is 271 g/mol. The van der Waals surface area contributed by atoms with Crippen LogP contribution in [0.25, 0.3) is 0 Å². The van der Waals surface area contributed by atoms with Gasteiger partial charge in [0.25, 0.3) is 0 Å². The molecule has 2 atom stereocenters. The number of carboxylic acid groups (broad SMARTS) is 1. The molecule has 2 aliphatic heterocycles. The predicted octanol–water partition coefficient (Wildman–Crippen LogP) is -0.687. The normalized spacial score (nSPS) is 30.4. The predicted molar refractivity (Wildman–Crippen MR) is 72.3 cm³/mol. The summed E-state index contributed by atoms with van der Waals surface area (Å²) >= 11 is 0. The second kappa shape index (κ2) is 7.19. The molecule has 2 unspecified atom stereocenters. The van der Waals surface area contributed by atoms with E-state index in [0.29, 0.717) is 19.6 Å². The Kier molecular flexibility index (Phi) is 5.57. The third kappa shape index (κ3) is 4.72. The van der Waals surface area contributed by atoms with E-state index in [1.165, 1.54) is 0 Å². The first kappa shape index (κ1) is 14.7. The summed E-state index contributed by atoms with van der Waals surface area (Å²) in [4.78, 5) is 15.7. The highest BCUT2D eigenvalue weighted by molar-refractivity contribution is 5.70. The molecule has 2 rings (SSSR count). The van der Waals surface area contributed by atoms with Gasteiger partial charge in [0, 0.05) is 45.8 Å². The van der Waals surface area contributed by atoms with Gasteiger partial charge < -0.3 is 20.1 Å². The van der Waals surface area contributed by atoms with Crippen molar-refractivity contribution in [1.82, 2.24) is 15.1 Å². The van der Waals surface area contributed by atoms with Crippen molar-refractivity contribution in [2.75, 3.05) is 59.5 Å². The number of piperazine rings is 1. The van der Waals surface area contributed by atoms with E-state index in [4.69, 9.17) is 9.84 Å². The van der Waals surface area contributed by atoms with Crippen LogP contribution in [-0.4, -0.2) is 86.4 Å². The van der Waals surface area contributed by atoms with Crippen molar-refractivity contribution in [3.05, 3.63) is 0 Å². The van der Waals surface area contributed by atoms with Gasteiger partial charge in [-0.15, -0.1) is 0 Å². The van der Waals surface area contributed by atoms with E-state index in [1.54, 1.807) is 0 Å². The first-order valence-corrected chi connectivity index (χ1v) is 7.11. The molecule has 0 aromatic heterocycles. The molecule has 2 N–H and O–H groups in total. The first-order chi connectivity index (χ1) is 9.15. The van der Waals surface area contributed by atoms with E-state index < -0.39 is 5.97 Å². The Bertz CT molecular complexity index is 293. The molecule has 6 nitrogen and oxygen atoms in total. The molecule has 2 heterocycles. The Morgan fingerprint density at radius 3 is 2.74 bits per heavy atom. The lowest BCUT2D eigenvalue weighted by atomic mass is 9.98. The van der Waals surface area contributed by atoms with Gasteiger partial charge in [0.2, 0.25) is 0 Å². The number of ether oxygens (including phenoxy) is 1. The minimum Gasteiger partial charge on any atom is -0.481 e. The van der Waals surface area contributed by atoms with Crippen molar-refractivity contribution in [1.29, 1.82) is 0 Å². The number of rotatable bonds is 5. The van der Waals surface area contributed by atoms with Crippen LogP contribution in [0.1, 0.15) is 6.42 Å². The highest BCUT2D eigenvalue weighted by atomic mass is 16.5. The maximum atomic E-state index is 10.9. The summed E-state index contributed by atoms with van der Waals surface area (Å²) in [5.74, 6) is -1.03. The first-order valence-electron chi connectivity index (χ1n) is 7.11. The van der Waals surface area contributed by atoms with Gasteiger partial charge >= 0.3 is 5.97 Å². The van der Waals surface area contributed by atoms with E-state index >= 15 is 0 Å². The lowest BCUT2D eigenvalue weighted by Gasteiger charge is -2.33. The van der Waals surface area contributed by atoms with Crippen molar-refractivity contribution < 1.29 is 14.6 Å². The zero-order valence-electron chi connectivity index (χ0n) is 11.7. The number of piperidine rings is 1. The number of likely N-dealkylation sites (N-methyl/N-ethyl adjacent to an activating group) is 1. The summed E-state index contributed by atoms with van der Waals surface area (Å²) in [6.07, 6.45) is 0.674. The van der Waals surface area contributed by atoms with Crippen LogP contribution < -0.4 is 5.32 Å². The molecule has 6 heteroatoms. The molecule has 2 aliphatic rings. The summed E-state index contributed by atoms with van der Waals surface area (Å²) in [6, 6.07) is 0. The van der Waals surface area contributed by atoms with Crippen LogP contribution in [0.2, 0.25) is 0 Å². The van der Waals surface area contributed by atoms with Crippen molar-refractivity contribution >= 4 is 5.97 Å². The molecule has 0 spiro atoms. The molecule has 2 fully saturated rings. The van der Waals surface area contributed by atoms with E-state index in [1.807, 2.05) is 0 Å². The Hall–Kier alpha value is -0.690. The van der Waals surface area contributed by atoms with E-state index in [-0.39, 0.29) is 12.0 Å². The summed E-state index contributed by atoms with van der Waals surface area (Å²) in [5, 5.41) is 12.1. The van der Waals surface area contributed by atoms with E-state index in [0.717, 1.165) is 39.3 Å². The van der Waals surface area contributed by atoms with Crippen molar-refractivity contribution in [2.45, 2.75) is 12.5 Å². The van der Waals surface area contributed by atoms with Crippen LogP contribution in [0, 0.1) is 5.92 Å². The molecule has 0 radical (unpaired) electrons. The molecule has 19 heavy (non-hydrogen) atoms. The van der Waals surface area contributed by atoms with Crippen LogP contribution in [0.3, 0.4) is 0 Å². The van der Waals surface area contributed by atoms with Gasteiger partial charge in [-0.1, -0.05) is 0 Å². The van der Waals surface area contributed by atoms with Crippen molar-refractivity contribution in [3.63, 3.8) is 0 Å². The lowest BCUT2D eigenvalue weighted by molar-refractivity contribution is -0.144. The van der Waals surface area contributed by atoms with Gasteiger partial charge in [0.1, 0.15) is 0 Å². The lowest BCUT2D eigenvalue weighted by Crippen LogP contribution is -2.47. The third-order valence-corrected chi connectivity index (χ3v) is 4.02. The Labute approximate surface area is 114 Å². The smallest absolute Gasteiger partial charge is 0.307 e. The number of nitrogens with zero attached hydrogens (tertiary/aromatic N) is 2. The number of carboxylic acids is 1. The fourth-order valence-electron chi connectivity index (χ4n) is 2.64. The van der Waals surface area contributed by atoms with Crippen LogP contribution in [0.4, 0.5) is 0 Å². The van der Waals surface area contributed by atoms with Crippen molar-refractivity contribution in [3.8, 4) is 0 Å². The highest BCUT2D eigenvalue weighted by Gasteiger charge is 2.27. The molecule has 110 valence electrons. The van der Waals surface area contributed by atoms with Crippen LogP contribution >= 0.6 is 0 Å².